The van der Waals surface area contributed by atoms with Crippen LogP contribution >= 0.6 is 0 Å². The largest absolute Gasteiger partial charge is 0.325 e. The third kappa shape index (κ3) is 5.41. The quantitative estimate of drug-likeness (QED) is 0.624. The fourth-order valence-electron chi connectivity index (χ4n) is 3.40. The standard InChI is InChI=1S/C24H28N2O/c1-18(2)15-26(17-24(27)25-23-11-7-4-8-19(23)3)16-20-12-13-21-9-5-6-10-22(21)14-20/h4-14,18H,15-17H2,1-3H3,(H,25,27). The highest BCUT2D eigenvalue weighted by Crippen LogP contribution is 2.18. The van der Waals surface area contributed by atoms with Crippen LogP contribution in [0.5, 0.6) is 0 Å². The number of para-hydroxylation sites is 1. The van der Waals surface area contributed by atoms with E-state index in [2.05, 4.69) is 66.5 Å². The van der Waals surface area contributed by atoms with Crippen molar-refractivity contribution in [3.63, 3.8) is 0 Å². The molecule has 0 saturated carbocycles. The van der Waals surface area contributed by atoms with Gasteiger partial charge < -0.3 is 5.32 Å². The van der Waals surface area contributed by atoms with E-state index in [1.165, 1.54) is 16.3 Å². The first-order valence-corrected chi connectivity index (χ1v) is 9.57. The molecule has 3 aromatic carbocycles. The van der Waals surface area contributed by atoms with Crippen LogP contribution in [0.3, 0.4) is 0 Å². The van der Waals surface area contributed by atoms with Crippen molar-refractivity contribution in [2.45, 2.75) is 27.3 Å². The van der Waals surface area contributed by atoms with Crippen LogP contribution < -0.4 is 5.32 Å². The minimum Gasteiger partial charge on any atom is -0.325 e. The molecule has 0 unspecified atom stereocenters. The van der Waals surface area contributed by atoms with E-state index in [-0.39, 0.29) is 5.91 Å². The van der Waals surface area contributed by atoms with Crippen molar-refractivity contribution in [2.24, 2.45) is 5.92 Å². The van der Waals surface area contributed by atoms with Crippen LogP contribution in [0, 0.1) is 12.8 Å². The summed E-state index contributed by atoms with van der Waals surface area (Å²) in [5.74, 6) is 0.530. The zero-order valence-electron chi connectivity index (χ0n) is 16.4. The highest BCUT2D eigenvalue weighted by Gasteiger charge is 2.14. The molecule has 140 valence electrons. The van der Waals surface area contributed by atoms with Crippen LogP contribution in [-0.2, 0) is 11.3 Å². The van der Waals surface area contributed by atoms with E-state index in [1.54, 1.807) is 0 Å². The smallest absolute Gasteiger partial charge is 0.238 e. The van der Waals surface area contributed by atoms with Crippen LogP contribution in [0.25, 0.3) is 10.8 Å². The first kappa shape index (κ1) is 19.1. The summed E-state index contributed by atoms with van der Waals surface area (Å²) in [6.07, 6.45) is 0. The van der Waals surface area contributed by atoms with Crippen LogP contribution in [0.4, 0.5) is 5.69 Å². The maximum Gasteiger partial charge on any atom is 0.238 e. The van der Waals surface area contributed by atoms with E-state index < -0.39 is 0 Å². The first-order chi connectivity index (χ1) is 13.0. The molecule has 1 amide bonds. The molecule has 0 bridgehead atoms. The van der Waals surface area contributed by atoms with Crippen molar-refractivity contribution >= 4 is 22.4 Å². The van der Waals surface area contributed by atoms with Crippen molar-refractivity contribution in [3.05, 3.63) is 77.9 Å². The van der Waals surface area contributed by atoms with Gasteiger partial charge in [-0.3, -0.25) is 9.69 Å². The highest BCUT2D eigenvalue weighted by molar-refractivity contribution is 5.93. The molecule has 0 saturated heterocycles. The second-order valence-corrected chi connectivity index (χ2v) is 7.61. The maximum absolute atomic E-state index is 12.6. The number of carbonyl (C=O) groups is 1. The molecule has 0 aliphatic heterocycles. The van der Waals surface area contributed by atoms with Crippen LogP contribution in [0.2, 0.25) is 0 Å². The molecular weight excluding hydrogens is 332 g/mol. The van der Waals surface area contributed by atoms with Crippen LogP contribution in [0.15, 0.2) is 66.7 Å². The molecule has 0 atom stereocenters. The number of anilines is 1. The van der Waals surface area contributed by atoms with Crippen molar-refractivity contribution < 1.29 is 4.79 Å². The van der Waals surface area contributed by atoms with Gasteiger partial charge in [0, 0.05) is 18.8 Å². The zero-order chi connectivity index (χ0) is 19.2. The van der Waals surface area contributed by atoms with Gasteiger partial charge in [-0.15, -0.1) is 0 Å². The Morgan fingerprint density at radius 1 is 0.963 bits per heavy atom. The SMILES string of the molecule is Cc1ccccc1NC(=O)CN(Cc1ccc2ccccc2c1)CC(C)C. The number of fused-ring (bicyclic) bond motifs is 1. The van der Waals surface area contributed by atoms with E-state index in [9.17, 15) is 4.79 Å². The van der Waals surface area contributed by atoms with Gasteiger partial charge >= 0.3 is 0 Å². The predicted octanol–water partition coefficient (Wildman–Crippen LogP) is 5.24. The van der Waals surface area contributed by atoms with Crippen molar-refractivity contribution in [1.82, 2.24) is 4.90 Å². The van der Waals surface area contributed by atoms with Gasteiger partial charge in [-0.25, -0.2) is 0 Å². The number of amides is 1. The number of rotatable bonds is 7. The Morgan fingerprint density at radius 2 is 1.67 bits per heavy atom. The summed E-state index contributed by atoms with van der Waals surface area (Å²) >= 11 is 0. The van der Waals surface area contributed by atoms with Gasteiger partial charge in [-0.1, -0.05) is 68.4 Å². The third-order valence-corrected chi connectivity index (χ3v) is 4.63. The molecule has 0 radical (unpaired) electrons. The topological polar surface area (TPSA) is 32.3 Å². The molecule has 0 aliphatic rings. The van der Waals surface area contributed by atoms with Gasteiger partial charge in [0.05, 0.1) is 6.54 Å². The lowest BCUT2D eigenvalue weighted by Gasteiger charge is -2.24. The number of aryl methyl sites for hydroxylation is 1. The fourth-order valence-corrected chi connectivity index (χ4v) is 3.40. The Morgan fingerprint density at radius 3 is 2.41 bits per heavy atom. The molecule has 0 aromatic heterocycles. The number of benzene rings is 3. The summed E-state index contributed by atoms with van der Waals surface area (Å²) in [5, 5.41) is 5.53. The number of carbonyl (C=O) groups excluding carboxylic acids is 1. The summed E-state index contributed by atoms with van der Waals surface area (Å²) in [6.45, 7) is 8.42. The predicted molar refractivity (Wildman–Crippen MR) is 114 cm³/mol. The number of hydrogen-bond donors (Lipinski definition) is 1. The average molecular weight is 361 g/mol. The fraction of sp³-hybridized carbons (Fsp3) is 0.292. The van der Waals surface area contributed by atoms with Crippen LogP contribution in [-0.4, -0.2) is 23.9 Å². The molecule has 3 rings (SSSR count). The first-order valence-electron chi connectivity index (χ1n) is 9.57. The van der Waals surface area contributed by atoms with Crippen molar-refractivity contribution in [2.75, 3.05) is 18.4 Å². The van der Waals surface area contributed by atoms with Crippen molar-refractivity contribution in [3.8, 4) is 0 Å². The Hall–Kier alpha value is -2.65. The second kappa shape index (κ2) is 8.83. The second-order valence-electron chi connectivity index (χ2n) is 7.61. The summed E-state index contributed by atoms with van der Waals surface area (Å²) in [7, 11) is 0. The van der Waals surface area contributed by atoms with Gasteiger partial charge in [0.2, 0.25) is 5.91 Å². The average Bonchev–Trinajstić information content (AvgIpc) is 2.63. The van der Waals surface area contributed by atoms with Gasteiger partial charge in [-0.05, 0) is 46.9 Å². The maximum atomic E-state index is 12.6. The van der Waals surface area contributed by atoms with Crippen LogP contribution in [0.1, 0.15) is 25.0 Å². The van der Waals surface area contributed by atoms with Gasteiger partial charge in [0.15, 0.2) is 0 Å². The van der Waals surface area contributed by atoms with Crippen molar-refractivity contribution in [1.29, 1.82) is 0 Å². The molecule has 0 heterocycles. The molecule has 27 heavy (non-hydrogen) atoms. The van der Waals surface area contributed by atoms with E-state index in [4.69, 9.17) is 0 Å². The number of nitrogens with zero attached hydrogens (tertiary/aromatic N) is 1. The molecule has 3 heteroatoms. The molecule has 3 nitrogen and oxygen atoms in total. The molecule has 1 N–H and O–H groups in total. The minimum absolute atomic E-state index is 0.0331. The molecule has 0 spiro atoms. The Balaban J connectivity index is 1.70. The van der Waals surface area contributed by atoms with Gasteiger partial charge in [0.1, 0.15) is 0 Å². The summed E-state index contributed by atoms with van der Waals surface area (Å²) < 4.78 is 0. The molecule has 3 aromatic rings. The lowest BCUT2D eigenvalue weighted by molar-refractivity contribution is -0.117. The summed E-state index contributed by atoms with van der Waals surface area (Å²) in [6, 6.07) is 22.8. The number of hydrogen-bond acceptors (Lipinski definition) is 2. The van der Waals surface area contributed by atoms with E-state index in [1.807, 2.05) is 31.2 Å². The van der Waals surface area contributed by atoms with E-state index in [0.717, 1.165) is 24.3 Å². The minimum atomic E-state index is 0.0331. The van der Waals surface area contributed by atoms with Gasteiger partial charge in [0.25, 0.3) is 0 Å². The summed E-state index contributed by atoms with van der Waals surface area (Å²) in [5.41, 5.74) is 3.20. The van der Waals surface area contributed by atoms with E-state index >= 15 is 0 Å². The number of nitrogens with one attached hydrogen (secondary N) is 1. The molecule has 0 fully saturated rings. The monoisotopic (exact) mass is 360 g/mol. The third-order valence-electron chi connectivity index (χ3n) is 4.63. The Bertz CT molecular complexity index is 917. The van der Waals surface area contributed by atoms with E-state index in [0.29, 0.717) is 12.5 Å². The lowest BCUT2D eigenvalue weighted by Crippen LogP contribution is -2.35. The highest BCUT2D eigenvalue weighted by atomic mass is 16.2. The Kier molecular flexibility index (Phi) is 6.25. The molecule has 0 aliphatic carbocycles. The van der Waals surface area contributed by atoms with Gasteiger partial charge in [-0.2, -0.15) is 0 Å². The lowest BCUT2D eigenvalue weighted by atomic mass is 10.1. The molecular formula is C24H28N2O. The normalized spacial score (nSPS) is 11.3. The summed E-state index contributed by atoms with van der Waals surface area (Å²) in [4.78, 5) is 14.8. The zero-order valence-corrected chi connectivity index (χ0v) is 16.4. The Labute approximate surface area is 162 Å².